The molecule has 0 unspecified atom stereocenters. The summed E-state index contributed by atoms with van der Waals surface area (Å²) < 4.78 is 5.19. The van der Waals surface area contributed by atoms with Gasteiger partial charge in [-0.05, 0) is 17.7 Å². The Hall–Kier alpha value is -1.24. The maximum atomic E-state index is 5.19. The Balaban J connectivity index is 2.47. The van der Waals surface area contributed by atoms with Crippen LogP contribution < -0.4 is 4.74 Å². The lowest BCUT2D eigenvalue weighted by atomic mass is 10.1. The zero-order valence-electron chi connectivity index (χ0n) is 5.50. The van der Waals surface area contributed by atoms with E-state index in [9.17, 15) is 0 Å². The Morgan fingerprint density at radius 2 is 2.20 bits per heavy atom. The molecule has 0 aromatic heterocycles. The van der Waals surface area contributed by atoms with Crippen LogP contribution in [-0.4, -0.2) is 0 Å². The number of para-hydroxylation sites is 1. The van der Waals surface area contributed by atoms with E-state index >= 15 is 0 Å². The molecule has 1 aromatic rings. The van der Waals surface area contributed by atoms with Crippen molar-refractivity contribution >= 4 is 0 Å². The van der Waals surface area contributed by atoms with Gasteiger partial charge in [-0.3, -0.25) is 0 Å². The first-order valence-corrected chi connectivity index (χ1v) is 3.26. The van der Waals surface area contributed by atoms with E-state index in [1.54, 1.807) is 6.26 Å². The first kappa shape index (κ1) is 5.54. The van der Waals surface area contributed by atoms with E-state index in [0.29, 0.717) is 0 Å². The second-order valence-electron chi connectivity index (χ2n) is 2.22. The Bertz CT molecular complexity index is 236. The average Bonchev–Trinajstić information content (AvgIpc) is 2.05. The highest BCUT2D eigenvalue weighted by Crippen LogP contribution is 2.21. The van der Waals surface area contributed by atoms with Crippen LogP contribution in [0.1, 0.15) is 5.56 Å². The second kappa shape index (κ2) is 2.18. The molecular formula is C9H7O. The largest absolute Gasteiger partial charge is 0.464 e. The van der Waals surface area contributed by atoms with Crippen molar-refractivity contribution in [1.82, 2.24) is 0 Å². The standard InChI is InChI=1S/C9H7O/c1-2-6-9-8(4-1)5-3-7-10-9/h1-2,4,6-7H,5H2. The molecule has 49 valence electrons. The summed E-state index contributed by atoms with van der Waals surface area (Å²) in [5.41, 5.74) is 1.21. The van der Waals surface area contributed by atoms with Crippen molar-refractivity contribution in [3.05, 3.63) is 42.2 Å². The fourth-order valence-corrected chi connectivity index (χ4v) is 1.02. The zero-order chi connectivity index (χ0) is 6.81. The van der Waals surface area contributed by atoms with Crippen molar-refractivity contribution < 1.29 is 4.74 Å². The van der Waals surface area contributed by atoms with E-state index < -0.39 is 0 Å². The van der Waals surface area contributed by atoms with E-state index in [1.165, 1.54) is 5.56 Å². The molecule has 1 heterocycles. The van der Waals surface area contributed by atoms with E-state index in [2.05, 4.69) is 12.1 Å². The van der Waals surface area contributed by atoms with Crippen LogP contribution >= 0.6 is 0 Å². The molecule has 0 atom stereocenters. The number of allylic oxidation sites excluding steroid dienone is 1. The van der Waals surface area contributed by atoms with E-state index in [4.69, 9.17) is 4.74 Å². The third-order valence-corrected chi connectivity index (χ3v) is 1.53. The minimum atomic E-state index is 0.871. The van der Waals surface area contributed by atoms with Gasteiger partial charge in [-0.2, -0.15) is 0 Å². The minimum absolute atomic E-state index is 0.871. The van der Waals surface area contributed by atoms with Gasteiger partial charge < -0.3 is 4.74 Å². The van der Waals surface area contributed by atoms with Crippen molar-refractivity contribution in [3.8, 4) is 5.75 Å². The fraction of sp³-hybridized carbons (Fsp3) is 0.111. The maximum Gasteiger partial charge on any atom is 0.130 e. The van der Waals surface area contributed by atoms with Crippen LogP contribution in [0.25, 0.3) is 0 Å². The van der Waals surface area contributed by atoms with Gasteiger partial charge in [-0.15, -0.1) is 0 Å². The van der Waals surface area contributed by atoms with Crippen molar-refractivity contribution in [2.75, 3.05) is 0 Å². The van der Waals surface area contributed by atoms with Gasteiger partial charge >= 0.3 is 0 Å². The van der Waals surface area contributed by atoms with Crippen LogP contribution in [0, 0.1) is 6.08 Å². The quantitative estimate of drug-likeness (QED) is 0.522. The number of rotatable bonds is 0. The van der Waals surface area contributed by atoms with Crippen LogP contribution in [0.2, 0.25) is 0 Å². The number of fused-ring (bicyclic) bond motifs is 1. The van der Waals surface area contributed by atoms with E-state index in [-0.39, 0.29) is 0 Å². The molecule has 0 saturated carbocycles. The summed E-state index contributed by atoms with van der Waals surface area (Å²) in [6.45, 7) is 0. The molecule has 10 heavy (non-hydrogen) atoms. The van der Waals surface area contributed by atoms with Crippen molar-refractivity contribution in [2.45, 2.75) is 6.42 Å². The summed E-state index contributed by atoms with van der Waals surface area (Å²) >= 11 is 0. The van der Waals surface area contributed by atoms with Gasteiger partial charge in [-0.25, -0.2) is 0 Å². The van der Waals surface area contributed by atoms with Crippen LogP contribution in [0.5, 0.6) is 5.75 Å². The van der Waals surface area contributed by atoms with E-state index in [1.807, 2.05) is 18.2 Å². The average molecular weight is 131 g/mol. The zero-order valence-corrected chi connectivity index (χ0v) is 5.50. The van der Waals surface area contributed by atoms with Gasteiger partial charge in [0, 0.05) is 6.42 Å². The molecule has 1 heteroatoms. The number of benzene rings is 1. The summed E-state index contributed by atoms with van der Waals surface area (Å²) in [6, 6.07) is 8.00. The summed E-state index contributed by atoms with van der Waals surface area (Å²) in [5, 5.41) is 0. The molecular weight excluding hydrogens is 124 g/mol. The molecule has 0 spiro atoms. The minimum Gasteiger partial charge on any atom is -0.464 e. The lowest BCUT2D eigenvalue weighted by molar-refractivity contribution is 0.461. The third kappa shape index (κ3) is 0.798. The molecule has 0 fully saturated rings. The van der Waals surface area contributed by atoms with Gasteiger partial charge in [-0.1, -0.05) is 18.2 Å². The Morgan fingerprint density at radius 3 is 3.10 bits per heavy atom. The summed E-state index contributed by atoms with van der Waals surface area (Å²) in [6.07, 6.45) is 5.48. The Kier molecular flexibility index (Phi) is 1.21. The van der Waals surface area contributed by atoms with Gasteiger partial charge in [0.25, 0.3) is 0 Å². The predicted octanol–water partition coefficient (Wildman–Crippen LogP) is 1.94. The first-order chi connectivity index (χ1) is 4.97. The van der Waals surface area contributed by atoms with Crippen molar-refractivity contribution in [2.24, 2.45) is 0 Å². The van der Waals surface area contributed by atoms with Crippen LogP contribution in [0.4, 0.5) is 0 Å². The Labute approximate surface area is 59.9 Å². The highest BCUT2D eigenvalue weighted by molar-refractivity contribution is 5.36. The maximum absolute atomic E-state index is 5.19. The predicted molar refractivity (Wildman–Crippen MR) is 38.6 cm³/mol. The van der Waals surface area contributed by atoms with Crippen LogP contribution in [0.15, 0.2) is 30.5 Å². The summed E-state index contributed by atoms with van der Waals surface area (Å²) in [7, 11) is 0. The molecule has 1 aliphatic heterocycles. The molecule has 2 rings (SSSR count). The van der Waals surface area contributed by atoms with Crippen molar-refractivity contribution in [1.29, 1.82) is 0 Å². The highest BCUT2D eigenvalue weighted by Gasteiger charge is 2.02. The summed E-state index contributed by atoms with van der Waals surface area (Å²) in [4.78, 5) is 0. The molecule has 0 bridgehead atoms. The Morgan fingerprint density at radius 1 is 1.30 bits per heavy atom. The first-order valence-electron chi connectivity index (χ1n) is 3.26. The molecule has 1 radical (unpaired) electrons. The monoisotopic (exact) mass is 131 g/mol. The van der Waals surface area contributed by atoms with Gasteiger partial charge in [0.2, 0.25) is 0 Å². The fourth-order valence-electron chi connectivity index (χ4n) is 1.02. The molecule has 1 aliphatic rings. The molecule has 0 aliphatic carbocycles. The topological polar surface area (TPSA) is 9.23 Å². The van der Waals surface area contributed by atoms with E-state index in [0.717, 1.165) is 12.2 Å². The number of hydrogen-bond acceptors (Lipinski definition) is 1. The number of ether oxygens (including phenoxy) is 1. The van der Waals surface area contributed by atoms with Gasteiger partial charge in [0.1, 0.15) is 5.75 Å². The molecule has 1 nitrogen and oxygen atoms in total. The molecule has 1 aromatic carbocycles. The van der Waals surface area contributed by atoms with Crippen LogP contribution in [0.3, 0.4) is 0 Å². The van der Waals surface area contributed by atoms with Crippen molar-refractivity contribution in [3.63, 3.8) is 0 Å². The number of hydrogen-bond donors (Lipinski definition) is 0. The van der Waals surface area contributed by atoms with Gasteiger partial charge in [0.15, 0.2) is 0 Å². The molecule has 0 N–H and O–H groups in total. The smallest absolute Gasteiger partial charge is 0.130 e. The second-order valence-corrected chi connectivity index (χ2v) is 2.22. The molecule has 0 amide bonds. The van der Waals surface area contributed by atoms with Crippen LogP contribution in [-0.2, 0) is 6.42 Å². The molecule has 0 saturated heterocycles. The lowest BCUT2D eigenvalue weighted by Gasteiger charge is -2.09. The lowest BCUT2D eigenvalue weighted by Crippen LogP contribution is -1.95. The SMILES string of the molecule is [C]1=COc2ccccc2C1. The summed E-state index contributed by atoms with van der Waals surface area (Å²) in [5.74, 6) is 0.959. The van der Waals surface area contributed by atoms with Gasteiger partial charge in [0.05, 0.1) is 6.26 Å². The third-order valence-electron chi connectivity index (χ3n) is 1.53. The highest BCUT2D eigenvalue weighted by atomic mass is 16.5. The normalized spacial score (nSPS) is 14.0.